The molecule has 0 saturated heterocycles. The molecule has 0 amide bonds. The van der Waals surface area contributed by atoms with Crippen molar-refractivity contribution in [2.75, 3.05) is 33.2 Å². The molecule has 0 aliphatic carbocycles. The maximum Gasteiger partial charge on any atom is 0.0839 e. The smallest absolute Gasteiger partial charge is 0.0839 e. The molecule has 0 saturated carbocycles. The highest BCUT2D eigenvalue weighted by Gasteiger charge is 2.09. The maximum absolute atomic E-state index is 9.88. The topological polar surface area (TPSA) is 47.9 Å². The molecule has 104 valence electrons. The lowest BCUT2D eigenvalue weighted by Crippen LogP contribution is -2.38. The van der Waals surface area contributed by atoms with Gasteiger partial charge in [-0.2, -0.15) is 0 Å². The Morgan fingerprint density at radius 3 is 2.83 bits per heavy atom. The highest BCUT2D eigenvalue weighted by atomic mass is 16.3. The first-order valence-corrected chi connectivity index (χ1v) is 6.56. The molecule has 1 atom stereocenters. The zero-order valence-corrected chi connectivity index (χ0v) is 11.7. The summed E-state index contributed by atoms with van der Waals surface area (Å²) in [6, 6.07) is 0. The summed E-state index contributed by atoms with van der Waals surface area (Å²) in [4.78, 5) is 6.09. The number of hydrogen-bond acceptors (Lipinski definition) is 3. The Labute approximate surface area is 111 Å². The van der Waals surface area contributed by atoms with E-state index in [0.717, 1.165) is 25.9 Å². The van der Waals surface area contributed by atoms with Crippen LogP contribution in [0.2, 0.25) is 0 Å². The third kappa shape index (κ3) is 10.1. The van der Waals surface area contributed by atoms with E-state index < -0.39 is 0 Å². The van der Waals surface area contributed by atoms with Crippen molar-refractivity contribution >= 4 is 6.34 Å². The Morgan fingerprint density at radius 1 is 1.44 bits per heavy atom. The molecular formula is C14H27N3O. The second-order valence-corrected chi connectivity index (χ2v) is 4.20. The van der Waals surface area contributed by atoms with Gasteiger partial charge in [0.2, 0.25) is 0 Å². The number of aliphatic hydroxyl groups is 1. The van der Waals surface area contributed by atoms with Crippen molar-refractivity contribution in [3.8, 4) is 0 Å². The second-order valence-electron chi connectivity index (χ2n) is 4.20. The van der Waals surface area contributed by atoms with Crippen LogP contribution in [0, 0.1) is 0 Å². The molecule has 0 radical (unpaired) electrons. The first-order chi connectivity index (χ1) is 8.74. The first kappa shape index (κ1) is 16.9. The van der Waals surface area contributed by atoms with Gasteiger partial charge in [0.15, 0.2) is 0 Å². The van der Waals surface area contributed by atoms with E-state index >= 15 is 0 Å². The number of aliphatic hydroxyl groups excluding tert-OH is 1. The van der Waals surface area contributed by atoms with Gasteiger partial charge in [-0.05, 0) is 19.4 Å². The molecule has 0 spiro atoms. The third-order valence-electron chi connectivity index (χ3n) is 2.47. The highest BCUT2D eigenvalue weighted by Crippen LogP contribution is 1.98. The van der Waals surface area contributed by atoms with Gasteiger partial charge in [0, 0.05) is 26.7 Å². The van der Waals surface area contributed by atoms with E-state index in [-0.39, 0.29) is 6.10 Å². The van der Waals surface area contributed by atoms with Crippen molar-refractivity contribution in [3.63, 3.8) is 0 Å². The van der Waals surface area contributed by atoms with Gasteiger partial charge in [-0.1, -0.05) is 31.7 Å². The van der Waals surface area contributed by atoms with Gasteiger partial charge in [-0.15, -0.1) is 0 Å². The number of nitrogens with one attached hydrogen (secondary N) is 1. The van der Waals surface area contributed by atoms with Gasteiger partial charge in [-0.3, -0.25) is 4.99 Å². The molecule has 0 bridgehead atoms. The highest BCUT2D eigenvalue weighted by molar-refractivity contribution is 5.53. The zero-order chi connectivity index (χ0) is 13.6. The van der Waals surface area contributed by atoms with E-state index in [1.165, 1.54) is 0 Å². The van der Waals surface area contributed by atoms with Crippen LogP contribution in [0.3, 0.4) is 0 Å². The van der Waals surface area contributed by atoms with Gasteiger partial charge in [0.25, 0.3) is 0 Å². The number of aliphatic imine (C=N–C) groups is 1. The molecule has 4 heteroatoms. The van der Waals surface area contributed by atoms with E-state index in [1.54, 1.807) is 19.5 Å². The van der Waals surface area contributed by atoms with Crippen molar-refractivity contribution in [1.82, 2.24) is 10.2 Å². The van der Waals surface area contributed by atoms with Crippen LogP contribution >= 0.6 is 0 Å². The van der Waals surface area contributed by atoms with E-state index in [2.05, 4.69) is 34.8 Å². The van der Waals surface area contributed by atoms with Gasteiger partial charge >= 0.3 is 0 Å². The van der Waals surface area contributed by atoms with Crippen molar-refractivity contribution in [1.29, 1.82) is 0 Å². The van der Waals surface area contributed by atoms with Crippen LogP contribution in [0.4, 0.5) is 0 Å². The summed E-state index contributed by atoms with van der Waals surface area (Å²) < 4.78 is 0. The molecule has 0 aromatic carbocycles. The predicted octanol–water partition coefficient (Wildman–Crippen LogP) is 1.44. The second kappa shape index (κ2) is 12.3. The summed E-state index contributed by atoms with van der Waals surface area (Å²) in [5.74, 6) is 0. The van der Waals surface area contributed by atoms with Crippen molar-refractivity contribution in [2.24, 2.45) is 4.99 Å². The first-order valence-electron chi connectivity index (χ1n) is 6.56. The predicted molar refractivity (Wildman–Crippen MR) is 79.1 cm³/mol. The lowest BCUT2D eigenvalue weighted by molar-refractivity contribution is 0.116. The van der Waals surface area contributed by atoms with Gasteiger partial charge < -0.3 is 15.3 Å². The standard InChI is InChI=1S/C14H27N3O/c1-4-6-7-8-10-17(9-5-2)12-14(18)11-16-13-15-3/h4,6-7,13-14,18H,1,5,8-12H2,2-3H3,(H,15,16)/b7-6-. The average Bonchev–Trinajstić information content (AvgIpc) is 2.35. The van der Waals surface area contributed by atoms with Crippen LogP contribution in [-0.4, -0.2) is 55.7 Å². The van der Waals surface area contributed by atoms with E-state index in [1.807, 2.05) is 6.08 Å². The number of hydrogen-bond donors (Lipinski definition) is 2. The van der Waals surface area contributed by atoms with Crippen LogP contribution in [0.25, 0.3) is 0 Å². The molecule has 0 rings (SSSR count). The number of allylic oxidation sites excluding steroid dienone is 2. The lowest BCUT2D eigenvalue weighted by Gasteiger charge is -2.24. The Morgan fingerprint density at radius 2 is 2.22 bits per heavy atom. The van der Waals surface area contributed by atoms with Crippen LogP contribution in [0.15, 0.2) is 29.8 Å². The van der Waals surface area contributed by atoms with Crippen LogP contribution in [-0.2, 0) is 0 Å². The molecule has 0 aromatic rings. The lowest BCUT2D eigenvalue weighted by atomic mass is 10.2. The van der Waals surface area contributed by atoms with Gasteiger partial charge in [0.1, 0.15) is 0 Å². The fourth-order valence-electron chi connectivity index (χ4n) is 1.70. The van der Waals surface area contributed by atoms with Gasteiger partial charge in [-0.25, -0.2) is 0 Å². The molecule has 0 aromatic heterocycles. The third-order valence-corrected chi connectivity index (χ3v) is 2.47. The van der Waals surface area contributed by atoms with Crippen molar-refractivity contribution < 1.29 is 5.11 Å². The summed E-state index contributed by atoms with van der Waals surface area (Å²) in [7, 11) is 1.70. The quantitative estimate of drug-likeness (QED) is 0.333. The SMILES string of the molecule is C=C/C=C\CCN(CCC)CC(O)CNC=NC. The average molecular weight is 253 g/mol. The van der Waals surface area contributed by atoms with E-state index in [4.69, 9.17) is 0 Å². The fourth-order valence-corrected chi connectivity index (χ4v) is 1.70. The molecule has 4 nitrogen and oxygen atoms in total. The molecule has 2 N–H and O–H groups in total. The Balaban J connectivity index is 3.92. The van der Waals surface area contributed by atoms with Crippen LogP contribution < -0.4 is 5.32 Å². The summed E-state index contributed by atoms with van der Waals surface area (Å²) in [6.07, 6.45) is 9.18. The minimum Gasteiger partial charge on any atom is -0.390 e. The summed E-state index contributed by atoms with van der Waals surface area (Å²) in [5.41, 5.74) is 0. The number of rotatable bonds is 11. The molecule has 0 fully saturated rings. The van der Waals surface area contributed by atoms with Gasteiger partial charge in [0.05, 0.1) is 12.4 Å². The fraction of sp³-hybridized carbons (Fsp3) is 0.643. The van der Waals surface area contributed by atoms with E-state index in [0.29, 0.717) is 13.1 Å². The van der Waals surface area contributed by atoms with Crippen LogP contribution in [0.1, 0.15) is 19.8 Å². The zero-order valence-electron chi connectivity index (χ0n) is 11.7. The largest absolute Gasteiger partial charge is 0.390 e. The molecular weight excluding hydrogens is 226 g/mol. The minimum absolute atomic E-state index is 0.363. The molecule has 0 aliphatic rings. The summed E-state index contributed by atoms with van der Waals surface area (Å²) in [6.45, 7) is 9.02. The van der Waals surface area contributed by atoms with Crippen LogP contribution in [0.5, 0.6) is 0 Å². The Kier molecular flexibility index (Phi) is 11.6. The molecule has 1 unspecified atom stereocenters. The molecule has 18 heavy (non-hydrogen) atoms. The monoisotopic (exact) mass is 253 g/mol. The number of nitrogens with zero attached hydrogens (tertiary/aromatic N) is 2. The summed E-state index contributed by atoms with van der Waals surface area (Å²) in [5, 5.41) is 12.8. The van der Waals surface area contributed by atoms with Crippen molar-refractivity contribution in [2.45, 2.75) is 25.9 Å². The Bertz CT molecular complexity index is 251. The Hall–Kier alpha value is -1.13. The van der Waals surface area contributed by atoms with Crippen molar-refractivity contribution in [3.05, 3.63) is 24.8 Å². The van der Waals surface area contributed by atoms with E-state index in [9.17, 15) is 5.11 Å². The normalized spacial score (nSPS) is 13.6. The molecule has 0 aliphatic heterocycles. The summed E-state index contributed by atoms with van der Waals surface area (Å²) >= 11 is 0. The minimum atomic E-state index is -0.363. The molecule has 0 heterocycles. The maximum atomic E-state index is 9.88.